The predicted molar refractivity (Wildman–Crippen MR) is 308 cm³/mol. The molecule has 0 unspecified atom stereocenters. The predicted octanol–water partition coefficient (Wildman–Crippen LogP) is 19.7. The fourth-order valence-electron chi connectivity index (χ4n) is 11.0. The Morgan fingerprint density at radius 1 is 0.208 bits per heavy atom. The quantitative estimate of drug-likeness (QED) is 0.113. The number of anilines is 12. The lowest BCUT2D eigenvalue weighted by Crippen LogP contribution is -2.15. The molecule has 0 amide bonds. The van der Waals surface area contributed by atoms with E-state index >= 15 is 0 Å². The Balaban J connectivity index is 1.03. The normalized spacial score (nSPS) is 11.3. The second-order valence-electron chi connectivity index (χ2n) is 18.8. The lowest BCUT2D eigenvalue weighted by Gasteiger charge is -2.32. The van der Waals surface area contributed by atoms with Gasteiger partial charge in [-0.15, -0.1) is 0 Å². The number of para-hydroxylation sites is 6. The third-order valence-corrected chi connectivity index (χ3v) is 14.2. The summed E-state index contributed by atoms with van der Waals surface area (Å²) < 4.78 is 0. The topological polar surface area (TPSA) is 13.0 Å². The van der Waals surface area contributed by atoms with Crippen molar-refractivity contribution in [2.75, 3.05) is 19.6 Å². The third-order valence-electron chi connectivity index (χ3n) is 14.2. The van der Waals surface area contributed by atoms with Gasteiger partial charge < -0.3 is 19.6 Å². The van der Waals surface area contributed by atoms with Crippen LogP contribution in [0.1, 0.15) is 22.3 Å². The van der Waals surface area contributed by atoms with Gasteiger partial charge >= 0.3 is 0 Å². The summed E-state index contributed by atoms with van der Waals surface area (Å²) in [6.45, 7) is 8.92. The molecule has 4 nitrogen and oxygen atoms in total. The Bertz CT molecular complexity index is 3460. The molecule has 4 heteroatoms. The standard InChI is InChI=1S/C68H54N4/c1-47-19-17-20-48(2)67(47)71(59-39-35-57(36-40-59)69(53-23-9-5-10-24-53)54-25-11-6-12-26-54)63-45-33-51-32-44-62-64(46-34-52-31-43-61(63)65(51)66(52)62)72(68-49(3)21-18-22-50(68)4)60-41-37-58(38-42-60)70(55-27-13-7-14-28-55)56-29-15-8-16-30-56/h5-46H,1-4H3. The van der Waals surface area contributed by atoms with Crippen LogP contribution >= 0.6 is 0 Å². The van der Waals surface area contributed by atoms with Crippen molar-refractivity contribution >= 4 is 101 Å². The molecule has 0 aromatic heterocycles. The highest BCUT2D eigenvalue weighted by Crippen LogP contribution is 2.50. The molecule has 346 valence electrons. The molecule has 0 saturated carbocycles. The first-order valence-corrected chi connectivity index (χ1v) is 24.8. The minimum atomic E-state index is 1.09. The minimum Gasteiger partial charge on any atom is -0.311 e. The summed E-state index contributed by atoms with van der Waals surface area (Å²) in [6.07, 6.45) is 0. The summed E-state index contributed by atoms with van der Waals surface area (Å²) in [7, 11) is 0. The van der Waals surface area contributed by atoms with Crippen LogP contribution < -0.4 is 19.6 Å². The number of nitrogens with zero attached hydrogens (tertiary/aromatic N) is 4. The first kappa shape index (κ1) is 44.1. The summed E-state index contributed by atoms with van der Waals surface area (Å²) in [4.78, 5) is 9.60. The average Bonchev–Trinajstić information content (AvgIpc) is 3.42. The zero-order valence-electron chi connectivity index (χ0n) is 41.0. The molecule has 12 rings (SSSR count). The maximum Gasteiger partial charge on any atom is 0.0540 e. The van der Waals surface area contributed by atoms with Crippen molar-refractivity contribution in [1.82, 2.24) is 0 Å². The highest BCUT2D eigenvalue weighted by molar-refractivity contribution is 6.28. The molecule has 0 radical (unpaired) electrons. The van der Waals surface area contributed by atoms with Crippen molar-refractivity contribution in [3.05, 3.63) is 277 Å². The molecule has 0 fully saturated rings. The molecular weight excluding hydrogens is 873 g/mol. The third kappa shape index (κ3) is 7.84. The van der Waals surface area contributed by atoms with E-state index in [2.05, 4.69) is 302 Å². The van der Waals surface area contributed by atoms with Crippen LogP contribution in [0, 0.1) is 27.7 Å². The average molecular weight is 927 g/mol. The summed E-state index contributed by atoms with van der Waals surface area (Å²) in [5.41, 5.74) is 18.3. The first-order chi connectivity index (χ1) is 35.4. The van der Waals surface area contributed by atoms with Gasteiger partial charge in [0.15, 0.2) is 0 Å². The van der Waals surface area contributed by atoms with Crippen molar-refractivity contribution in [3.8, 4) is 0 Å². The number of rotatable bonds is 12. The highest BCUT2D eigenvalue weighted by Gasteiger charge is 2.25. The molecule has 0 bridgehead atoms. The largest absolute Gasteiger partial charge is 0.311 e. The van der Waals surface area contributed by atoms with Crippen LogP contribution in [0.4, 0.5) is 68.2 Å². The zero-order chi connectivity index (χ0) is 48.7. The minimum absolute atomic E-state index is 1.09. The van der Waals surface area contributed by atoms with Gasteiger partial charge in [-0.25, -0.2) is 0 Å². The lowest BCUT2D eigenvalue weighted by molar-refractivity contribution is 1.22. The SMILES string of the molecule is Cc1cccc(C)c1N(c1ccc(N(c2ccccc2)c2ccccc2)cc1)c1ccc2ccc3c(N(c4ccc(N(c5ccccc5)c5ccccc5)cc4)c4c(C)cccc4C)ccc4ccc1c2c43. The van der Waals surface area contributed by atoms with E-state index in [0.717, 1.165) is 56.9 Å². The van der Waals surface area contributed by atoms with E-state index in [-0.39, 0.29) is 0 Å². The van der Waals surface area contributed by atoms with Crippen LogP contribution in [-0.4, -0.2) is 0 Å². The van der Waals surface area contributed by atoms with E-state index in [1.165, 1.54) is 65.9 Å². The summed E-state index contributed by atoms with van der Waals surface area (Å²) in [5, 5.41) is 7.35. The molecule has 0 heterocycles. The van der Waals surface area contributed by atoms with E-state index in [0.29, 0.717) is 0 Å². The summed E-state index contributed by atoms with van der Waals surface area (Å²) in [5.74, 6) is 0. The van der Waals surface area contributed by atoms with Gasteiger partial charge in [0.2, 0.25) is 0 Å². The zero-order valence-corrected chi connectivity index (χ0v) is 41.0. The van der Waals surface area contributed by atoms with Gasteiger partial charge in [-0.05, 0) is 181 Å². The van der Waals surface area contributed by atoms with Gasteiger partial charge in [-0.3, -0.25) is 0 Å². The van der Waals surface area contributed by atoms with E-state index in [4.69, 9.17) is 0 Å². The van der Waals surface area contributed by atoms with E-state index in [1.807, 2.05) is 0 Å². The van der Waals surface area contributed by atoms with Crippen molar-refractivity contribution < 1.29 is 0 Å². The first-order valence-electron chi connectivity index (χ1n) is 24.8. The smallest absolute Gasteiger partial charge is 0.0540 e. The second kappa shape index (κ2) is 18.7. The van der Waals surface area contributed by atoms with Gasteiger partial charge in [-0.2, -0.15) is 0 Å². The van der Waals surface area contributed by atoms with Gasteiger partial charge in [0.25, 0.3) is 0 Å². The van der Waals surface area contributed by atoms with Crippen molar-refractivity contribution in [2.24, 2.45) is 0 Å². The lowest BCUT2D eigenvalue weighted by atomic mass is 9.91. The van der Waals surface area contributed by atoms with Gasteiger partial charge in [0, 0.05) is 56.3 Å². The van der Waals surface area contributed by atoms with Crippen LogP contribution in [-0.2, 0) is 0 Å². The van der Waals surface area contributed by atoms with Crippen LogP contribution in [0.2, 0.25) is 0 Å². The molecule has 0 N–H and O–H groups in total. The molecule has 0 saturated heterocycles. The Labute approximate surface area is 422 Å². The van der Waals surface area contributed by atoms with Crippen LogP contribution in [0.15, 0.2) is 255 Å². The highest BCUT2D eigenvalue weighted by atomic mass is 15.2. The monoisotopic (exact) mass is 926 g/mol. The fourth-order valence-corrected chi connectivity index (χ4v) is 11.0. The molecule has 0 aliphatic rings. The fraction of sp³-hybridized carbons (Fsp3) is 0.0588. The number of hydrogen-bond acceptors (Lipinski definition) is 4. The summed E-state index contributed by atoms with van der Waals surface area (Å²) in [6, 6.07) is 92.5. The second-order valence-corrected chi connectivity index (χ2v) is 18.8. The van der Waals surface area contributed by atoms with Crippen LogP contribution in [0.25, 0.3) is 32.3 Å². The molecule has 0 aliphatic heterocycles. The molecule has 72 heavy (non-hydrogen) atoms. The van der Waals surface area contributed by atoms with Gasteiger partial charge in [0.1, 0.15) is 0 Å². The number of benzene rings is 12. The Hall–Kier alpha value is -9.12. The molecular formula is C68H54N4. The van der Waals surface area contributed by atoms with E-state index in [9.17, 15) is 0 Å². The van der Waals surface area contributed by atoms with Gasteiger partial charge in [0.05, 0.1) is 22.7 Å². The van der Waals surface area contributed by atoms with Crippen molar-refractivity contribution in [1.29, 1.82) is 0 Å². The van der Waals surface area contributed by atoms with E-state index in [1.54, 1.807) is 0 Å². The Morgan fingerprint density at radius 3 is 0.750 bits per heavy atom. The summed E-state index contributed by atoms with van der Waals surface area (Å²) >= 11 is 0. The van der Waals surface area contributed by atoms with E-state index < -0.39 is 0 Å². The molecule has 0 atom stereocenters. The molecule has 0 aliphatic carbocycles. The maximum absolute atomic E-state index is 2.48. The number of aryl methyl sites for hydroxylation is 4. The Kier molecular flexibility index (Phi) is 11.4. The maximum atomic E-state index is 2.48. The van der Waals surface area contributed by atoms with Crippen LogP contribution in [0.5, 0.6) is 0 Å². The van der Waals surface area contributed by atoms with Crippen molar-refractivity contribution in [3.63, 3.8) is 0 Å². The Morgan fingerprint density at radius 2 is 0.458 bits per heavy atom. The molecule has 0 spiro atoms. The molecule has 12 aromatic carbocycles. The van der Waals surface area contributed by atoms with Crippen molar-refractivity contribution in [2.45, 2.75) is 27.7 Å². The van der Waals surface area contributed by atoms with Crippen LogP contribution in [0.3, 0.4) is 0 Å². The van der Waals surface area contributed by atoms with Gasteiger partial charge in [-0.1, -0.05) is 146 Å². The number of hydrogen-bond donors (Lipinski definition) is 0. The molecule has 12 aromatic rings.